The molecule has 1 aromatic heterocycles. The molecule has 1 atom stereocenters. The molecular formula is C11H16N2O2S. The fourth-order valence-corrected chi connectivity index (χ4v) is 2.41. The van der Waals surface area contributed by atoms with E-state index in [0.717, 1.165) is 18.7 Å². The Morgan fingerprint density at radius 2 is 2.56 bits per heavy atom. The Morgan fingerprint density at radius 1 is 1.75 bits per heavy atom. The first-order chi connectivity index (χ1) is 7.70. The lowest BCUT2D eigenvalue weighted by atomic mass is 10.1. The fourth-order valence-electron chi connectivity index (χ4n) is 1.78. The summed E-state index contributed by atoms with van der Waals surface area (Å²) in [7, 11) is 1.66. The highest BCUT2D eigenvalue weighted by molar-refractivity contribution is 7.10. The third kappa shape index (κ3) is 2.36. The molecule has 5 heteroatoms. The number of carbonyl (C=O) groups is 1. The van der Waals surface area contributed by atoms with Crippen LogP contribution in [0.5, 0.6) is 0 Å². The van der Waals surface area contributed by atoms with Crippen LogP contribution in [0.15, 0.2) is 11.4 Å². The number of methoxy groups -OCH3 is 1. The molecule has 1 aliphatic rings. The normalized spacial score (nSPS) is 19.4. The van der Waals surface area contributed by atoms with E-state index >= 15 is 0 Å². The summed E-state index contributed by atoms with van der Waals surface area (Å²) in [4.78, 5) is 14.9. The smallest absolute Gasteiger partial charge is 0.322 e. The van der Waals surface area contributed by atoms with Crippen LogP contribution in [0.1, 0.15) is 11.3 Å². The van der Waals surface area contributed by atoms with E-state index < -0.39 is 0 Å². The van der Waals surface area contributed by atoms with Gasteiger partial charge < -0.3 is 15.0 Å². The fraction of sp³-hybridized carbons (Fsp3) is 0.545. The zero-order valence-corrected chi connectivity index (χ0v) is 10.3. The standard InChI is InChI=1S/C11H16N2O2S/c1-8-5-9(7-16-8)12-11(14)13-4-3-10(13)6-15-2/h5,7,10H,3-4,6H2,1-2H3,(H,12,14). The second kappa shape index (κ2) is 4.84. The Kier molecular flexibility index (Phi) is 3.46. The minimum atomic E-state index is -0.0221. The zero-order chi connectivity index (χ0) is 11.5. The van der Waals surface area contributed by atoms with Crippen LogP contribution in [0, 0.1) is 6.92 Å². The first-order valence-corrected chi connectivity index (χ1v) is 6.20. The van der Waals surface area contributed by atoms with E-state index in [1.807, 2.05) is 23.3 Å². The summed E-state index contributed by atoms with van der Waals surface area (Å²) < 4.78 is 5.06. The molecule has 2 amide bonds. The first-order valence-electron chi connectivity index (χ1n) is 5.32. The van der Waals surface area contributed by atoms with Crippen LogP contribution in [-0.2, 0) is 4.74 Å². The number of nitrogens with one attached hydrogen (secondary N) is 1. The lowest BCUT2D eigenvalue weighted by Gasteiger charge is -2.40. The van der Waals surface area contributed by atoms with E-state index in [1.54, 1.807) is 18.4 Å². The van der Waals surface area contributed by atoms with Gasteiger partial charge >= 0.3 is 6.03 Å². The van der Waals surface area contributed by atoms with E-state index in [1.165, 1.54) is 4.88 Å². The number of hydrogen-bond donors (Lipinski definition) is 1. The van der Waals surface area contributed by atoms with E-state index in [4.69, 9.17) is 4.74 Å². The molecule has 0 aromatic carbocycles. The first kappa shape index (κ1) is 11.4. The molecule has 2 heterocycles. The number of aryl methyl sites for hydroxylation is 1. The molecule has 16 heavy (non-hydrogen) atoms. The van der Waals surface area contributed by atoms with Gasteiger partial charge in [-0.1, -0.05) is 0 Å². The lowest BCUT2D eigenvalue weighted by Crippen LogP contribution is -2.54. The van der Waals surface area contributed by atoms with Crippen molar-refractivity contribution in [3.63, 3.8) is 0 Å². The van der Waals surface area contributed by atoms with E-state index in [9.17, 15) is 4.79 Å². The number of amides is 2. The number of hydrogen-bond acceptors (Lipinski definition) is 3. The van der Waals surface area contributed by atoms with Crippen LogP contribution < -0.4 is 5.32 Å². The van der Waals surface area contributed by atoms with Crippen molar-refractivity contribution in [2.24, 2.45) is 0 Å². The Morgan fingerprint density at radius 3 is 3.06 bits per heavy atom. The van der Waals surface area contributed by atoms with Crippen LogP contribution in [0.3, 0.4) is 0 Å². The summed E-state index contributed by atoms with van der Waals surface area (Å²) in [6.07, 6.45) is 1.03. The average molecular weight is 240 g/mol. The SMILES string of the molecule is COCC1CCN1C(=O)Nc1csc(C)c1. The molecule has 88 valence electrons. The molecule has 0 bridgehead atoms. The number of carbonyl (C=O) groups excluding carboxylic acids is 1. The van der Waals surface area contributed by atoms with Crippen LogP contribution in [0.2, 0.25) is 0 Å². The molecule has 1 unspecified atom stereocenters. The third-order valence-electron chi connectivity index (χ3n) is 2.75. The molecule has 1 N–H and O–H groups in total. The Labute approximate surface area is 99.2 Å². The van der Waals surface area contributed by atoms with Gasteiger partial charge in [0.2, 0.25) is 0 Å². The monoisotopic (exact) mass is 240 g/mol. The van der Waals surface area contributed by atoms with Crippen LogP contribution >= 0.6 is 11.3 Å². The van der Waals surface area contributed by atoms with Crippen LogP contribution in [0.4, 0.5) is 10.5 Å². The van der Waals surface area contributed by atoms with Gasteiger partial charge in [0.05, 0.1) is 18.3 Å². The molecule has 1 saturated heterocycles. The van der Waals surface area contributed by atoms with Crippen molar-refractivity contribution in [3.05, 3.63) is 16.3 Å². The van der Waals surface area contributed by atoms with Crippen molar-refractivity contribution >= 4 is 23.1 Å². The van der Waals surface area contributed by atoms with Gasteiger partial charge in [0.15, 0.2) is 0 Å². The lowest BCUT2D eigenvalue weighted by molar-refractivity contribution is 0.0545. The predicted octanol–water partition coefficient (Wildman–Crippen LogP) is 2.31. The highest BCUT2D eigenvalue weighted by Crippen LogP contribution is 2.22. The van der Waals surface area contributed by atoms with Gasteiger partial charge in [-0.2, -0.15) is 0 Å². The summed E-state index contributed by atoms with van der Waals surface area (Å²) in [5, 5.41) is 4.85. The summed E-state index contributed by atoms with van der Waals surface area (Å²) in [6, 6.07) is 2.20. The number of thiophene rings is 1. The van der Waals surface area contributed by atoms with Crippen molar-refractivity contribution < 1.29 is 9.53 Å². The Balaban J connectivity index is 1.88. The maximum atomic E-state index is 11.9. The van der Waals surface area contributed by atoms with Gasteiger partial charge in [-0.25, -0.2) is 4.79 Å². The van der Waals surface area contributed by atoms with Crippen molar-refractivity contribution in [1.82, 2.24) is 4.90 Å². The highest BCUT2D eigenvalue weighted by Gasteiger charge is 2.31. The minimum absolute atomic E-state index is 0.0221. The number of likely N-dealkylation sites (tertiary alicyclic amines) is 1. The van der Waals surface area contributed by atoms with E-state index in [2.05, 4.69) is 5.32 Å². The quantitative estimate of drug-likeness (QED) is 0.881. The highest BCUT2D eigenvalue weighted by atomic mass is 32.1. The Hall–Kier alpha value is -1.07. The van der Waals surface area contributed by atoms with Gasteiger partial charge in [-0.3, -0.25) is 0 Å². The maximum absolute atomic E-state index is 11.9. The van der Waals surface area contributed by atoms with Gasteiger partial charge in [0.1, 0.15) is 0 Å². The topological polar surface area (TPSA) is 41.6 Å². The second-order valence-corrected chi connectivity index (χ2v) is 5.08. The molecule has 1 fully saturated rings. The number of rotatable bonds is 3. The van der Waals surface area contributed by atoms with Gasteiger partial charge in [-0.15, -0.1) is 11.3 Å². The van der Waals surface area contributed by atoms with Gasteiger partial charge in [-0.05, 0) is 19.4 Å². The molecule has 4 nitrogen and oxygen atoms in total. The summed E-state index contributed by atoms with van der Waals surface area (Å²) in [5.41, 5.74) is 0.885. The number of urea groups is 1. The maximum Gasteiger partial charge on any atom is 0.322 e. The summed E-state index contributed by atoms with van der Waals surface area (Å²) in [5.74, 6) is 0. The van der Waals surface area contributed by atoms with Crippen molar-refractivity contribution in [2.75, 3.05) is 25.6 Å². The van der Waals surface area contributed by atoms with Gasteiger partial charge in [0, 0.05) is 23.9 Å². The molecule has 0 radical (unpaired) electrons. The number of ether oxygens (including phenoxy) is 1. The predicted molar refractivity (Wildman–Crippen MR) is 65.1 cm³/mol. The van der Waals surface area contributed by atoms with Crippen molar-refractivity contribution in [3.8, 4) is 0 Å². The van der Waals surface area contributed by atoms with Crippen molar-refractivity contribution in [2.45, 2.75) is 19.4 Å². The Bertz CT molecular complexity index is 378. The molecule has 0 spiro atoms. The number of nitrogens with zero attached hydrogens (tertiary/aromatic N) is 1. The third-order valence-corrected chi connectivity index (χ3v) is 3.61. The summed E-state index contributed by atoms with van der Waals surface area (Å²) >= 11 is 1.64. The van der Waals surface area contributed by atoms with Gasteiger partial charge in [0.25, 0.3) is 0 Å². The van der Waals surface area contributed by atoms with Crippen molar-refractivity contribution in [1.29, 1.82) is 0 Å². The second-order valence-electron chi connectivity index (χ2n) is 3.97. The number of anilines is 1. The average Bonchev–Trinajstić information content (AvgIpc) is 2.58. The molecular weight excluding hydrogens is 224 g/mol. The minimum Gasteiger partial charge on any atom is -0.383 e. The van der Waals surface area contributed by atoms with Crippen LogP contribution in [0.25, 0.3) is 0 Å². The van der Waals surface area contributed by atoms with Crippen LogP contribution in [-0.4, -0.2) is 37.2 Å². The van der Waals surface area contributed by atoms with E-state index in [0.29, 0.717) is 6.61 Å². The molecule has 0 aliphatic carbocycles. The summed E-state index contributed by atoms with van der Waals surface area (Å²) in [6.45, 7) is 3.47. The molecule has 0 saturated carbocycles. The molecule has 1 aromatic rings. The largest absolute Gasteiger partial charge is 0.383 e. The molecule has 1 aliphatic heterocycles. The van der Waals surface area contributed by atoms with E-state index in [-0.39, 0.29) is 12.1 Å². The zero-order valence-electron chi connectivity index (χ0n) is 9.53. The molecule has 2 rings (SSSR count).